The van der Waals surface area contributed by atoms with E-state index in [1.807, 2.05) is 12.1 Å². The summed E-state index contributed by atoms with van der Waals surface area (Å²) in [7, 11) is 0. The molecular weight excluding hydrogens is 235 g/mol. The number of aromatic nitrogens is 1. The zero-order chi connectivity index (χ0) is 12.1. The quantitative estimate of drug-likeness (QED) is 0.667. The number of nitrogens with two attached hydrogens (primary N) is 1. The third kappa shape index (κ3) is 3.46. The molecule has 0 spiro atoms. The number of benzene rings is 1. The summed E-state index contributed by atoms with van der Waals surface area (Å²) in [5.74, 6) is 0.593. The Bertz CT molecular complexity index is 488. The number of hydrogen-bond acceptors (Lipinski definition) is 3. The summed E-state index contributed by atoms with van der Waals surface area (Å²) in [6.07, 6.45) is 4.44. The molecule has 0 amide bonds. The molecule has 0 radical (unpaired) electrons. The fourth-order valence-electron chi connectivity index (χ4n) is 1.46. The predicted octanol–water partition coefficient (Wildman–Crippen LogP) is 3.14. The molecule has 2 nitrogen and oxygen atoms in total. The minimum Gasteiger partial charge on any atom is -0.399 e. The van der Waals surface area contributed by atoms with Gasteiger partial charge in [0.05, 0.1) is 0 Å². The van der Waals surface area contributed by atoms with E-state index in [1.165, 1.54) is 23.4 Å². The van der Waals surface area contributed by atoms with Crippen molar-refractivity contribution in [1.82, 2.24) is 4.98 Å². The zero-order valence-corrected chi connectivity index (χ0v) is 10.1. The maximum absolute atomic E-state index is 13.5. The third-order valence-electron chi connectivity index (χ3n) is 2.35. The summed E-state index contributed by atoms with van der Waals surface area (Å²) >= 11 is 1.50. The molecule has 0 bridgehead atoms. The predicted molar refractivity (Wildman–Crippen MR) is 69.5 cm³/mol. The molecule has 88 valence electrons. The number of halogens is 1. The van der Waals surface area contributed by atoms with Crippen molar-refractivity contribution >= 4 is 17.4 Å². The number of anilines is 1. The highest BCUT2D eigenvalue weighted by Crippen LogP contribution is 2.24. The first kappa shape index (κ1) is 11.9. The SMILES string of the molecule is Nc1ccc(SCCc2ccncc2)c(F)c1. The van der Waals surface area contributed by atoms with Gasteiger partial charge in [0.2, 0.25) is 0 Å². The highest BCUT2D eigenvalue weighted by atomic mass is 32.2. The van der Waals surface area contributed by atoms with Crippen molar-refractivity contribution in [3.05, 3.63) is 54.1 Å². The molecule has 0 aliphatic rings. The van der Waals surface area contributed by atoms with E-state index in [9.17, 15) is 4.39 Å². The molecule has 2 aromatic rings. The third-order valence-corrected chi connectivity index (χ3v) is 3.40. The van der Waals surface area contributed by atoms with Gasteiger partial charge in [-0.3, -0.25) is 4.98 Å². The Morgan fingerprint density at radius 1 is 1.18 bits per heavy atom. The van der Waals surface area contributed by atoms with Crippen LogP contribution in [0.3, 0.4) is 0 Å². The molecule has 2 N–H and O–H groups in total. The van der Waals surface area contributed by atoms with Crippen LogP contribution in [0.25, 0.3) is 0 Å². The van der Waals surface area contributed by atoms with Gasteiger partial charge in [0, 0.05) is 28.7 Å². The molecule has 0 fully saturated rings. The molecule has 17 heavy (non-hydrogen) atoms. The smallest absolute Gasteiger partial charge is 0.138 e. The highest BCUT2D eigenvalue weighted by molar-refractivity contribution is 7.99. The lowest BCUT2D eigenvalue weighted by Crippen LogP contribution is -1.91. The average molecular weight is 248 g/mol. The van der Waals surface area contributed by atoms with E-state index in [2.05, 4.69) is 4.98 Å². The Balaban J connectivity index is 1.90. The largest absolute Gasteiger partial charge is 0.399 e. The number of hydrogen-bond donors (Lipinski definition) is 1. The maximum Gasteiger partial charge on any atom is 0.138 e. The molecule has 0 aliphatic heterocycles. The van der Waals surface area contributed by atoms with Crippen LogP contribution in [0.2, 0.25) is 0 Å². The van der Waals surface area contributed by atoms with Crippen LogP contribution in [-0.4, -0.2) is 10.7 Å². The summed E-state index contributed by atoms with van der Waals surface area (Å²) in [5.41, 5.74) is 7.16. The van der Waals surface area contributed by atoms with E-state index in [-0.39, 0.29) is 5.82 Å². The van der Waals surface area contributed by atoms with Crippen molar-refractivity contribution in [3.8, 4) is 0 Å². The fourth-order valence-corrected chi connectivity index (χ4v) is 2.38. The molecular formula is C13H13FN2S. The van der Waals surface area contributed by atoms with Crippen LogP contribution in [-0.2, 0) is 6.42 Å². The van der Waals surface area contributed by atoms with Crippen molar-refractivity contribution < 1.29 is 4.39 Å². The lowest BCUT2D eigenvalue weighted by atomic mass is 10.2. The lowest BCUT2D eigenvalue weighted by molar-refractivity contribution is 0.603. The summed E-state index contributed by atoms with van der Waals surface area (Å²) in [4.78, 5) is 4.60. The molecule has 1 aromatic carbocycles. The van der Waals surface area contributed by atoms with Gasteiger partial charge in [-0.1, -0.05) is 0 Å². The van der Waals surface area contributed by atoms with Crippen LogP contribution in [0.4, 0.5) is 10.1 Å². The number of rotatable bonds is 4. The van der Waals surface area contributed by atoms with Crippen molar-refractivity contribution in [3.63, 3.8) is 0 Å². The van der Waals surface area contributed by atoms with Gasteiger partial charge in [0.1, 0.15) is 5.82 Å². The summed E-state index contributed by atoms with van der Waals surface area (Å²) in [5, 5.41) is 0. The minimum absolute atomic E-state index is 0.246. The van der Waals surface area contributed by atoms with Crippen molar-refractivity contribution in [2.24, 2.45) is 0 Å². The number of nitrogen functional groups attached to an aromatic ring is 1. The molecule has 0 unspecified atom stereocenters. The Kier molecular flexibility index (Phi) is 3.98. The summed E-state index contributed by atoms with van der Waals surface area (Å²) < 4.78 is 13.5. The molecule has 0 aliphatic carbocycles. The number of thioether (sulfide) groups is 1. The van der Waals surface area contributed by atoms with Gasteiger partial charge in [0.25, 0.3) is 0 Å². The number of nitrogens with zero attached hydrogens (tertiary/aromatic N) is 1. The van der Waals surface area contributed by atoms with Gasteiger partial charge in [-0.15, -0.1) is 11.8 Å². The van der Waals surface area contributed by atoms with Crippen molar-refractivity contribution in [1.29, 1.82) is 0 Å². The van der Waals surface area contributed by atoms with Crippen molar-refractivity contribution in [2.45, 2.75) is 11.3 Å². The maximum atomic E-state index is 13.5. The number of aryl methyl sites for hydroxylation is 1. The van der Waals surface area contributed by atoms with Gasteiger partial charge in [-0.2, -0.15) is 0 Å². The minimum atomic E-state index is -0.246. The van der Waals surface area contributed by atoms with Crippen LogP contribution >= 0.6 is 11.8 Å². The van der Waals surface area contributed by atoms with Crippen LogP contribution in [0.1, 0.15) is 5.56 Å². The fraction of sp³-hybridized carbons (Fsp3) is 0.154. The molecule has 4 heteroatoms. The molecule has 0 saturated heterocycles. The van der Waals surface area contributed by atoms with Gasteiger partial charge < -0.3 is 5.73 Å². The first-order valence-corrected chi connectivity index (χ1v) is 6.31. The monoisotopic (exact) mass is 248 g/mol. The first-order valence-electron chi connectivity index (χ1n) is 5.32. The highest BCUT2D eigenvalue weighted by Gasteiger charge is 2.03. The standard InChI is InChI=1S/C13H13FN2S/c14-12-9-11(15)1-2-13(12)17-8-5-10-3-6-16-7-4-10/h1-4,6-7,9H,5,8,15H2. The molecule has 0 atom stereocenters. The summed E-state index contributed by atoms with van der Waals surface area (Å²) in [6, 6.07) is 8.74. The van der Waals surface area contributed by atoms with Gasteiger partial charge in [0.15, 0.2) is 0 Å². The van der Waals surface area contributed by atoms with Gasteiger partial charge in [-0.25, -0.2) is 4.39 Å². The lowest BCUT2D eigenvalue weighted by Gasteiger charge is -2.04. The second kappa shape index (κ2) is 5.68. The topological polar surface area (TPSA) is 38.9 Å². The van der Waals surface area contributed by atoms with Gasteiger partial charge >= 0.3 is 0 Å². The van der Waals surface area contributed by atoms with Crippen LogP contribution < -0.4 is 5.73 Å². The Morgan fingerprint density at radius 3 is 2.65 bits per heavy atom. The second-order valence-corrected chi connectivity index (χ2v) is 4.78. The van der Waals surface area contributed by atoms with Crippen molar-refractivity contribution in [2.75, 3.05) is 11.5 Å². The number of pyridine rings is 1. The van der Waals surface area contributed by atoms with Crippen LogP contribution in [0.5, 0.6) is 0 Å². The van der Waals surface area contributed by atoms with E-state index in [4.69, 9.17) is 5.73 Å². The zero-order valence-electron chi connectivity index (χ0n) is 9.27. The van der Waals surface area contributed by atoms with E-state index in [0.29, 0.717) is 10.6 Å². The van der Waals surface area contributed by atoms with Crippen LogP contribution in [0, 0.1) is 5.82 Å². The Morgan fingerprint density at radius 2 is 1.94 bits per heavy atom. The molecule has 1 heterocycles. The van der Waals surface area contributed by atoms with E-state index >= 15 is 0 Å². The van der Waals surface area contributed by atoms with Gasteiger partial charge in [-0.05, 0) is 42.3 Å². The van der Waals surface area contributed by atoms with E-state index < -0.39 is 0 Å². The normalized spacial score (nSPS) is 10.4. The second-order valence-electron chi connectivity index (χ2n) is 3.64. The Labute approximate surface area is 104 Å². The van der Waals surface area contributed by atoms with E-state index in [0.717, 1.165) is 12.2 Å². The first-order chi connectivity index (χ1) is 8.25. The summed E-state index contributed by atoms with van der Waals surface area (Å²) in [6.45, 7) is 0. The van der Waals surface area contributed by atoms with Crippen LogP contribution in [0.15, 0.2) is 47.6 Å². The molecule has 0 saturated carbocycles. The molecule has 2 rings (SSSR count). The average Bonchev–Trinajstić information content (AvgIpc) is 2.33. The molecule has 1 aromatic heterocycles. The van der Waals surface area contributed by atoms with E-state index in [1.54, 1.807) is 24.5 Å². The Hall–Kier alpha value is -1.55.